The maximum Gasteiger partial charge on any atom is 0.246 e. The summed E-state index contributed by atoms with van der Waals surface area (Å²) in [5.74, 6) is -0.705. The highest BCUT2D eigenvalue weighted by molar-refractivity contribution is 7.89. The van der Waals surface area contributed by atoms with Crippen molar-refractivity contribution in [3.05, 3.63) is 29.6 Å². The van der Waals surface area contributed by atoms with Crippen LogP contribution in [0, 0.1) is 12.7 Å². The van der Waals surface area contributed by atoms with Gasteiger partial charge < -0.3 is 5.73 Å². The molecule has 0 aliphatic heterocycles. The van der Waals surface area contributed by atoms with E-state index in [-0.39, 0.29) is 29.9 Å². The summed E-state index contributed by atoms with van der Waals surface area (Å²) < 4.78 is 39.1. The van der Waals surface area contributed by atoms with Crippen molar-refractivity contribution in [2.75, 3.05) is 13.6 Å². The van der Waals surface area contributed by atoms with Crippen molar-refractivity contribution < 1.29 is 12.8 Å². The van der Waals surface area contributed by atoms with Crippen LogP contribution in [0.25, 0.3) is 0 Å². The Labute approximate surface area is 113 Å². The van der Waals surface area contributed by atoms with E-state index in [0.29, 0.717) is 5.56 Å². The van der Waals surface area contributed by atoms with E-state index in [9.17, 15) is 12.8 Å². The van der Waals surface area contributed by atoms with Crippen LogP contribution in [0.1, 0.15) is 12.5 Å². The van der Waals surface area contributed by atoms with Gasteiger partial charge in [-0.05, 0) is 25.5 Å². The van der Waals surface area contributed by atoms with Crippen molar-refractivity contribution in [2.24, 2.45) is 5.73 Å². The number of nitrogens with two attached hydrogens (primary N) is 1. The summed E-state index contributed by atoms with van der Waals surface area (Å²) >= 11 is 0. The molecule has 1 aromatic rings. The van der Waals surface area contributed by atoms with Gasteiger partial charge in [0.05, 0.1) is 0 Å². The van der Waals surface area contributed by atoms with E-state index < -0.39 is 15.8 Å². The maximum atomic E-state index is 13.8. The van der Waals surface area contributed by atoms with Crippen molar-refractivity contribution in [1.29, 1.82) is 0 Å². The molecule has 104 valence electrons. The quantitative estimate of drug-likeness (QED) is 0.916. The van der Waals surface area contributed by atoms with Gasteiger partial charge in [0, 0.05) is 19.6 Å². The lowest BCUT2D eigenvalue weighted by Crippen LogP contribution is -2.40. The molecule has 0 fully saturated rings. The number of benzene rings is 1. The van der Waals surface area contributed by atoms with Gasteiger partial charge in [0.15, 0.2) is 0 Å². The second-order valence-corrected chi connectivity index (χ2v) is 5.96. The molecule has 1 unspecified atom stereocenters. The molecule has 0 saturated heterocycles. The molecule has 1 aromatic carbocycles. The minimum atomic E-state index is -3.83. The molecule has 0 radical (unpaired) electrons. The Morgan fingerprint density at radius 2 is 2.00 bits per heavy atom. The fourth-order valence-corrected chi connectivity index (χ4v) is 2.87. The summed E-state index contributed by atoms with van der Waals surface area (Å²) in [6.45, 7) is 3.38. The lowest BCUT2D eigenvalue weighted by atomic mass is 10.2. The van der Waals surface area contributed by atoms with E-state index in [0.717, 1.165) is 4.31 Å². The second-order valence-electron chi connectivity index (χ2n) is 3.99. The standard InChI is InChI=1S/C11H17FN2O2S.ClH/c1-8-5-4-6-10(11(8)12)17(15,16)14(3)9(2)7-13;/h4-6,9H,7,13H2,1-3H3;1H. The van der Waals surface area contributed by atoms with Crippen LogP contribution in [0.15, 0.2) is 23.1 Å². The summed E-state index contributed by atoms with van der Waals surface area (Å²) in [6.07, 6.45) is 0. The molecular weight excluding hydrogens is 279 g/mol. The summed E-state index contributed by atoms with van der Waals surface area (Å²) in [5.41, 5.74) is 5.72. The van der Waals surface area contributed by atoms with E-state index >= 15 is 0 Å². The monoisotopic (exact) mass is 296 g/mol. The van der Waals surface area contributed by atoms with E-state index in [1.54, 1.807) is 6.92 Å². The molecule has 1 atom stereocenters. The maximum absolute atomic E-state index is 13.8. The van der Waals surface area contributed by atoms with Gasteiger partial charge in [-0.25, -0.2) is 12.8 Å². The topological polar surface area (TPSA) is 63.4 Å². The Hall–Kier alpha value is -0.690. The van der Waals surface area contributed by atoms with Gasteiger partial charge in [0.1, 0.15) is 10.7 Å². The first kappa shape index (κ1) is 17.3. The highest BCUT2D eigenvalue weighted by atomic mass is 35.5. The minimum Gasteiger partial charge on any atom is -0.329 e. The largest absolute Gasteiger partial charge is 0.329 e. The van der Waals surface area contributed by atoms with Gasteiger partial charge in [-0.15, -0.1) is 12.4 Å². The molecule has 7 heteroatoms. The molecule has 0 aliphatic carbocycles. The Morgan fingerprint density at radius 1 is 1.44 bits per heavy atom. The molecular formula is C11H18ClFN2O2S. The number of rotatable bonds is 4. The molecule has 18 heavy (non-hydrogen) atoms. The summed E-state index contributed by atoms with van der Waals surface area (Å²) in [5, 5.41) is 0. The Bertz CT molecular complexity index is 508. The third kappa shape index (κ3) is 3.20. The van der Waals surface area contributed by atoms with E-state index in [1.807, 2.05) is 0 Å². The summed E-state index contributed by atoms with van der Waals surface area (Å²) in [7, 11) is -2.43. The van der Waals surface area contributed by atoms with E-state index in [1.165, 1.54) is 32.2 Å². The Morgan fingerprint density at radius 3 is 2.50 bits per heavy atom. The average molecular weight is 297 g/mol. The van der Waals surface area contributed by atoms with E-state index in [2.05, 4.69) is 0 Å². The molecule has 0 amide bonds. The Kier molecular flexibility index (Phi) is 6.22. The molecule has 0 bridgehead atoms. The summed E-state index contributed by atoms with van der Waals surface area (Å²) in [4.78, 5) is -0.305. The molecule has 4 nitrogen and oxygen atoms in total. The second kappa shape index (κ2) is 6.47. The number of aryl methyl sites for hydroxylation is 1. The third-order valence-electron chi connectivity index (χ3n) is 2.78. The van der Waals surface area contributed by atoms with Crippen LogP contribution in [0.2, 0.25) is 0 Å². The normalized spacial score (nSPS) is 13.2. The molecule has 0 saturated carbocycles. The van der Waals surface area contributed by atoms with Crippen LogP contribution in [0.5, 0.6) is 0 Å². The zero-order valence-electron chi connectivity index (χ0n) is 10.6. The Balaban J connectivity index is 0.00000289. The van der Waals surface area contributed by atoms with E-state index in [4.69, 9.17) is 5.73 Å². The van der Waals surface area contributed by atoms with Gasteiger partial charge >= 0.3 is 0 Å². The van der Waals surface area contributed by atoms with Gasteiger partial charge in [-0.2, -0.15) is 4.31 Å². The number of sulfonamides is 1. The fourth-order valence-electron chi connectivity index (χ4n) is 1.36. The van der Waals surface area contributed by atoms with Crippen molar-refractivity contribution >= 4 is 22.4 Å². The molecule has 2 N–H and O–H groups in total. The average Bonchev–Trinajstić information content (AvgIpc) is 2.30. The highest BCUT2D eigenvalue weighted by Gasteiger charge is 2.27. The zero-order chi connectivity index (χ0) is 13.2. The molecule has 0 aromatic heterocycles. The predicted molar refractivity (Wildman–Crippen MR) is 71.9 cm³/mol. The van der Waals surface area contributed by atoms with Crippen LogP contribution in [0.4, 0.5) is 4.39 Å². The van der Waals surface area contributed by atoms with Crippen molar-refractivity contribution in [3.8, 4) is 0 Å². The van der Waals surface area contributed by atoms with Crippen molar-refractivity contribution in [2.45, 2.75) is 24.8 Å². The van der Waals surface area contributed by atoms with Crippen LogP contribution in [0.3, 0.4) is 0 Å². The van der Waals surface area contributed by atoms with Gasteiger partial charge in [-0.3, -0.25) is 0 Å². The van der Waals surface area contributed by atoms with Gasteiger partial charge in [-0.1, -0.05) is 12.1 Å². The first-order valence-corrected chi connectivity index (χ1v) is 6.69. The number of nitrogens with zero attached hydrogens (tertiary/aromatic N) is 1. The molecule has 0 aliphatic rings. The van der Waals surface area contributed by atoms with Gasteiger partial charge in [0.2, 0.25) is 10.0 Å². The number of halogens is 2. The van der Waals surface area contributed by atoms with Crippen LogP contribution in [-0.2, 0) is 10.0 Å². The zero-order valence-corrected chi connectivity index (χ0v) is 12.2. The number of likely N-dealkylation sites (N-methyl/N-ethyl adjacent to an activating group) is 1. The first-order valence-electron chi connectivity index (χ1n) is 5.25. The van der Waals surface area contributed by atoms with Crippen LogP contribution < -0.4 is 5.73 Å². The van der Waals surface area contributed by atoms with Crippen LogP contribution >= 0.6 is 12.4 Å². The molecule has 0 heterocycles. The van der Waals surface area contributed by atoms with Gasteiger partial charge in [0.25, 0.3) is 0 Å². The lowest BCUT2D eigenvalue weighted by molar-refractivity contribution is 0.391. The summed E-state index contributed by atoms with van der Waals surface area (Å²) in [6, 6.07) is 3.93. The smallest absolute Gasteiger partial charge is 0.246 e. The predicted octanol–water partition coefficient (Wildman–Crippen LogP) is 1.52. The number of hydrogen-bond acceptors (Lipinski definition) is 3. The van der Waals surface area contributed by atoms with Crippen molar-refractivity contribution in [3.63, 3.8) is 0 Å². The molecule has 0 spiro atoms. The third-order valence-corrected chi connectivity index (χ3v) is 4.76. The highest BCUT2D eigenvalue weighted by Crippen LogP contribution is 2.21. The van der Waals surface area contributed by atoms with Crippen molar-refractivity contribution in [1.82, 2.24) is 4.31 Å². The molecule has 1 rings (SSSR count). The van der Waals surface area contributed by atoms with Crippen LogP contribution in [-0.4, -0.2) is 32.4 Å². The SMILES string of the molecule is Cc1cccc(S(=O)(=O)N(C)C(C)CN)c1F.Cl. The first-order chi connectivity index (χ1) is 7.82. The fraction of sp³-hybridized carbons (Fsp3) is 0.455. The lowest BCUT2D eigenvalue weighted by Gasteiger charge is -2.23. The number of hydrogen-bond donors (Lipinski definition) is 1. The minimum absolute atomic E-state index is 0.